The summed E-state index contributed by atoms with van der Waals surface area (Å²) in [5, 5.41) is 8.84. The lowest BCUT2D eigenvalue weighted by atomic mass is 9.80. The minimum atomic E-state index is -5.10. The van der Waals surface area contributed by atoms with Crippen LogP contribution in [0, 0.1) is 0 Å². The maximum atomic E-state index is 14.0. The second kappa shape index (κ2) is 14.6. The molecule has 1 aliphatic heterocycles. The number of hydrogen-bond acceptors (Lipinski definition) is 7. The Morgan fingerprint density at radius 2 is 1.57 bits per heavy atom. The van der Waals surface area contributed by atoms with Crippen LogP contribution in [0.4, 0.5) is 55.7 Å². The van der Waals surface area contributed by atoms with Crippen molar-refractivity contribution in [3.05, 3.63) is 81.9 Å². The van der Waals surface area contributed by atoms with Crippen molar-refractivity contribution in [3.63, 3.8) is 0 Å². The number of hydrogen-bond donors (Lipinski definition) is 2. The van der Waals surface area contributed by atoms with Crippen LogP contribution in [0.25, 0.3) is 0 Å². The predicted molar refractivity (Wildman–Crippen MR) is 166 cm³/mol. The summed E-state index contributed by atoms with van der Waals surface area (Å²) < 4.78 is 129. The number of nitrogens with two attached hydrogens (primary N) is 1. The number of aromatic nitrogens is 2. The molecule has 3 aromatic rings. The number of anilines is 2. The summed E-state index contributed by atoms with van der Waals surface area (Å²) >= 11 is 0. The Morgan fingerprint density at radius 3 is 2.10 bits per heavy atom. The average Bonchev–Trinajstić information content (AvgIpc) is 3.02. The fraction of sp³-hybridized carbons (Fsp3) is 0.455. The van der Waals surface area contributed by atoms with Gasteiger partial charge in [0.15, 0.2) is 0 Å². The highest BCUT2D eigenvalue weighted by molar-refractivity contribution is 5.91. The van der Waals surface area contributed by atoms with Gasteiger partial charge in [0.05, 0.1) is 46.6 Å². The van der Waals surface area contributed by atoms with E-state index in [0.29, 0.717) is 12.1 Å². The third kappa shape index (κ3) is 9.01. The van der Waals surface area contributed by atoms with E-state index in [1.54, 1.807) is 6.92 Å². The molecule has 3 N–H and O–H groups in total. The van der Waals surface area contributed by atoms with E-state index in [2.05, 4.69) is 9.97 Å². The predicted octanol–water partition coefficient (Wildman–Crippen LogP) is 7.99. The lowest BCUT2D eigenvalue weighted by molar-refractivity contribution is -0.143. The van der Waals surface area contributed by atoms with Crippen LogP contribution in [-0.2, 0) is 34.5 Å². The standard InChI is InChI=1S/C33H34F9N5O4/c1-4-30(43)16-23(22-15-19(31(34,35)36)8-9-25(22)47(30)29(50)51-10-6-5-7-27(48)49)28-44-17-26(46(2)3)24(45-28)13-18-11-20(32(37,38)39)14-21(12-18)33(40,41)42/h8-9,11-12,14-15,17,23H,4-7,10,13,16,43H2,1-3H3,(H,48,49)/t23-,30+/m0/s1. The summed E-state index contributed by atoms with van der Waals surface area (Å²) in [6.07, 6.45) is -15.3. The maximum Gasteiger partial charge on any atom is 0.416 e. The third-order valence-electron chi connectivity index (χ3n) is 8.46. The first-order valence-electron chi connectivity index (χ1n) is 15.6. The monoisotopic (exact) mass is 735 g/mol. The van der Waals surface area contributed by atoms with Crippen molar-refractivity contribution >= 4 is 23.4 Å². The molecule has 278 valence electrons. The summed E-state index contributed by atoms with van der Waals surface area (Å²) in [5.41, 5.74) is 0.681. The van der Waals surface area contributed by atoms with Gasteiger partial charge in [-0.05, 0) is 73.2 Å². The molecule has 4 rings (SSSR count). The van der Waals surface area contributed by atoms with Crippen LogP contribution in [0.3, 0.4) is 0 Å². The number of nitrogens with zero attached hydrogens (tertiary/aromatic N) is 4. The largest absolute Gasteiger partial charge is 0.481 e. The quantitative estimate of drug-likeness (QED) is 0.159. The Hall–Kier alpha value is -4.61. The zero-order valence-corrected chi connectivity index (χ0v) is 27.5. The highest BCUT2D eigenvalue weighted by atomic mass is 19.4. The van der Waals surface area contributed by atoms with Crippen molar-refractivity contribution in [1.29, 1.82) is 0 Å². The molecule has 1 aliphatic rings. The number of halogens is 9. The molecule has 1 aromatic heterocycles. The van der Waals surface area contributed by atoms with Crippen LogP contribution >= 0.6 is 0 Å². The minimum absolute atomic E-state index is 0.00262. The molecule has 0 spiro atoms. The Kier molecular flexibility index (Phi) is 11.2. The SMILES string of the molecule is CC[C@]1(N)C[C@H](c2ncc(N(C)C)c(Cc3cc(C(F)(F)F)cc(C(F)(F)F)c3)n2)c2cc(C(F)(F)F)ccc2N1C(=O)OCCCCC(=O)O. The topological polar surface area (TPSA) is 122 Å². The molecule has 0 fully saturated rings. The van der Waals surface area contributed by atoms with Gasteiger partial charge in [-0.15, -0.1) is 0 Å². The van der Waals surface area contributed by atoms with Gasteiger partial charge < -0.3 is 20.5 Å². The van der Waals surface area contributed by atoms with Gasteiger partial charge in [-0.25, -0.2) is 14.8 Å². The molecule has 0 saturated carbocycles. The van der Waals surface area contributed by atoms with Crippen molar-refractivity contribution in [3.8, 4) is 0 Å². The van der Waals surface area contributed by atoms with E-state index in [9.17, 15) is 49.1 Å². The average molecular weight is 736 g/mol. The highest BCUT2D eigenvalue weighted by Gasteiger charge is 2.47. The van der Waals surface area contributed by atoms with Crippen LogP contribution in [0.15, 0.2) is 42.6 Å². The third-order valence-corrected chi connectivity index (χ3v) is 8.46. The lowest BCUT2D eigenvalue weighted by Gasteiger charge is -2.46. The first-order chi connectivity index (χ1) is 23.5. The molecule has 0 bridgehead atoms. The number of fused-ring (bicyclic) bond motifs is 1. The van der Waals surface area contributed by atoms with E-state index in [1.807, 2.05) is 0 Å². The molecular weight excluding hydrogens is 701 g/mol. The maximum absolute atomic E-state index is 14.0. The number of carbonyl (C=O) groups excluding carboxylic acids is 1. The summed E-state index contributed by atoms with van der Waals surface area (Å²) in [4.78, 5) is 35.6. The van der Waals surface area contributed by atoms with Gasteiger partial charge >= 0.3 is 30.6 Å². The summed E-state index contributed by atoms with van der Waals surface area (Å²) in [7, 11) is 3.07. The Bertz CT molecular complexity index is 1730. The normalized spacial score (nSPS) is 18.0. The van der Waals surface area contributed by atoms with Crippen LogP contribution in [0.1, 0.15) is 84.3 Å². The number of alkyl halides is 9. The van der Waals surface area contributed by atoms with Crippen molar-refractivity contribution in [1.82, 2.24) is 9.97 Å². The molecule has 0 saturated heterocycles. The first kappa shape index (κ1) is 39.2. The zero-order chi connectivity index (χ0) is 38.1. The fourth-order valence-electron chi connectivity index (χ4n) is 5.84. The Balaban J connectivity index is 1.84. The summed E-state index contributed by atoms with van der Waals surface area (Å²) in [5.74, 6) is -2.31. The van der Waals surface area contributed by atoms with E-state index in [0.717, 1.165) is 23.1 Å². The van der Waals surface area contributed by atoms with E-state index in [1.165, 1.54) is 25.2 Å². The Labute approximate surface area is 286 Å². The van der Waals surface area contributed by atoms with Gasteiger partial charge in [-0.2, -0.15) is 39.5 Å². The number of amides is 1. The van der Waals surface area contributed by atoms with Crippen LogP contribution in [0.2, 0.25) is 0 Å². The van der Waals surface area contributed by atoms with Crippen LogP contribution in [0.5, 0.6) is 0 Å². The minimum Gasteiger partial charge on any atom is -0.481 e. The van der Waals surface area contributed by atoms with E-state index in [-0.39, 0.29) is 78.8 Å². The first-order valence-corrected chi connectivity index (χ1v) is 15.6. The molecule has 2 aromatic carbocycles. The van der Waals surface area contributed by atoms with Gasteiger partial charge in [0.25, 0.3) is 0 Å². The van der Waals surface area contributed by atoms with Gasteiger partial charge in [0.1, 0.15) is 11.5 Å². The van der Waals surface area contributed by atoms with Crippen molar-refractivity contribution < 1.29 is 58.9 Å². The number of unbranched alkanes of at least 4 members (excludes halogenated alkanes) is 1. The summed E-state index contributed by atoms with van der Waals surface area (Å²) in [6, 6.07) is 3.72. The molecule has 51 heavy (non-hydrogen) atoms. The molecule has 2 atom stereocenters. The second-order valence-electron chi connectivity index (χ2n) is 12.3. The molecule has 0 aliphatic carbocycles. The lowest BCUT2D eigenvalue weighted by Crippen LogP contribution is -2.61. The number of carboxylic acid groups (broad SMARTS) is 1. The number of carbonyl (C=O) groups is 2. The highest BCUT2D eigenvalue weighted by Crippen LogP contribution is 2.48. The Morgan fingerprint density at radius 1 is 0.961 bits per heavy atom. The van der Waals surface area contributed by atoms with Gasteiger partial charge in [0.2, 0.25) is 0 Å². The number of benzene rings is 2. The molecule has 2 heterocycles. The number of carboxylic acids is 1. The molecule has 0 unspecified atom stereocenters. The van der Waals surface area contributed by atoms with Crippen LogP contribution < -0.4 is 15.5 Å². The smallest absolute Gasteiger partial charge is 0.416 e. The van der Waals surface area contributed by atoms with Crippen molar-refractivity contribution in [2.24, 2.45) is 5.73 Å². The van der Waals surface area contributed by atoms with Crippen molar-refractivity contribution in [2.75, 3.05) is 30.5 Å². The molecular formula is C33H34F9N5O4. The van der Waals surface area contributed by atoms with Crippen LogP contribution in [-0.4, -0.2) is 53.5 Å². The van der Waals surface area contributed by atoms with Gasteiger partial charge in [0, 0.05) is 32.9 Å². The number of ether oxygens (including phenoxy) is 1. The second-order valence-corrected chi connectivity index (χ2v) is 12.3. The molecule has 1 amide bonds. The van der Waals surface area contributed by atoms with Crippen molar-refractivity contribution in [2.45, 2.75) is 75.6 Å². The fourth-order valence-corrected chi connectivity index (χ4v) is 5.84. The molecule has 0 radical (unpaired) electrons. The van der Waals surface area contributed by atoms with Gasteiger partial charge in [-0.1, -0.05) is 6.92 Å². The number of rotatable bonds is 10. The van der Waals surface area contributed by atoms with E-state index in [4.69, 9.17) is 15.6 Å². The van der Waals surface area contributed by atoms with Gasteiger partial charge in [-0.3, -0.25) is 9.69 Å². The zero-order valence-electron chi connectivity index (χ0n) is 27.5. The summed E-state index contributed by atoms with van der Waals surface area (Å²) in [6.45, 7) is 1.42. The molecule has 9 nitrogen and oxygen atoms in total. The van der Waals surface area contributed by atoms with E-state index < -0.39 is 65.3 Å². The van der Waals surface area contributed by atoms with E-state index >= 15 is 0 Å². The molecule has 18 heteroatoms. The number of aliphatic carboxylic acids is 1.